The molecule has 0 radical (unpaired) electrons. The van der Waals surface area contributed by atoms with Crippen molar-refractivity contribution in [3.05, 3.63) is 82.2 Å². The normalized spacial score (nSPS) is 10.7. The monoisotopic (exact) mass is 454 g/mol. The molecular formula is C22H19BrN2O4. The second-order valence-corrected chi connectivity index (χ2v) is 7.10. The Morgan fingerprint density at radius 1 is 1.07 bits per heavy atom. The lowest BCUT2D eigenvalue weighted by Gasteiger charge is -2.12. The van der Waals surface area contributed by atoms with Gasteiger partial charge in [-0.3, -0.25) is 9.59 Å². The van der Waals surface area contributed by atoms with Gasteiger partial charge in [-0.05, 0) is 61.0 Å². The summed E-state index contributed by atoms with van der Waals surface area (Å²) in [5.41, 5.74) is 2.65. The molecule has 1 heterocycles. The Hall–Kier alpha value is -3.32. The van der Waals surface area contributed by atoms with Crippen LogP contribution in [0.15, 0.2) is 69.8 Å². The molecule has 0 saturated carbocycles. The number of anilines is 2. The first-order valence-electron chi connectivity index (χ1n) is 8.74. The molecule has 2 aromatic carbocycles. The highest BCUT2D eigenvalue weighted by molar-refractivity contribution is 9.10. The van der Waals surface area contributed by atoms with Gasteiger partial charge in [0.25, 0.3) is 5.91 Å². The zero-order valence-electron chi connectivity index (χ0n) is 15.9. The first kappa shape index (κ1) is 20.4. The van der Waals surface area contributed by atoms with Crippen LogP contribution in [0, 0.1) is 6.92 Å². The quantitative estimate of drug-likeness (QED) is 0.497. The number of hydrogen-bond acceptors (Lipinski definition) is 4. The number of halogens is 1. The molecule has 0 aliphatic rings. The smallest absolute Gasteiger partial charge is 0.291 e. The molecule has 3 aromatic rings. The Morgan fingerprint density at radius 2 is 1.90 bits per heavy atom. The summed E-state index contributed by atoms with van der Waals surface area (Å²) in [6.45, 7) is 1.90. The Labute approximate surface area is 176 Å². The maximum absolute atomic E-state index is 12.5. The van der Waals surface area contributed by atoms with Crippen molar-refractivity contribution in [2.45, 2.75) is 6.92 Å². The summed E-state index contributed by atoms with van der Waals surface area (Å²) in [6, 6.07) is 14.1. The molecule has 0 atom stereocenters. The van der Waals surface area contributed by atoms with E-state index >= 15 is 0 Å². The molecule has 2 amide bonds. The molecule has 1 aromatic heterocycles. The third kappa shape index (κ3) is 5.36. The molecule has 6 nitrogen and oxygen atoms in total. The van der Waals surface area contributed by atoms with E-state index in [9.17, 15) is 9.59 Å². The van der Waals surface area contributed by atoms with Crippen LogP contribution in [0.3, 0.4) is 0 Å². The van der Waals surface area contributed by atoms with Crippen molar-refractivity contribution in [1.29, 1.82) is 0 Å². The predicted octanol–water partition coefficient (Wildman–Crippen LogP) is 5.26. The lowest BCUT2D eigenvalue weighted by molar-refractivity contribution is -0.111. The summed E-state index contributed by atoms with van der Waals surface area (Å²) in [4.78, 5) is 24.7. The SMILES string of the molecule is COc1ccc(Br)cc1/C=C\C(=O)Nc1cc(C)ccc1NC(=O)c1ccco1. The van der Waals surface area contributed by atoms with Crippen molar-refractivity contribution in [1.82, 2.24) is 0 Å². The van der Waals surface area contributed by atoms with E-state index in [1.54, 1.807) is 37.5 Å². The molecule has 7 heteroatoms. The molecule has 0 aliphatic heterocycles. The second kappa shape index (κ2) is 9.25. The number of aryl methyl sites for hydroxylation is 1. The third-order valence-corrected chi connectivity index (χ3v) is 4.53. The van der Waals surface area contributed by atoms with Crippen molar-refractivity contribution in [3.8, 4) is 5.75 Å². The molecule has 148 valence electrons. The van der Waals surface area contributed by atoms with Gasteiger partial charge < -0.3 is 19.8 Å². The van der Waals surface area contributed by atoms with Crippen LogP contribution in [0.1, 0.15) is 21.7 Å². The summed E-state index contributed by atoms with van der Waals surface area (Å²) in [6.07, 6.45) is 4.49. The summed E-state index contributed by atoms with van der Waals surface area (Å²) < 4.78 is 11.3. The number of amides is 2. The highest BCUT2D eigenvalue weighted by atomic mass is 79.9. The minimum absolute atomic E-state index is 0.185. The standard InChI is InChI=1S/C22H19BrN2O4/c1-14-5-8-17(25-22(27)20-4-3-11-29-20)18(12-14)24-21(26)10-6-15-13-16(23)7-9-19(15)28-2/h3-13H,1-2H3,(H,24,26)(H,25,27)/b10-6-. The fraction of sp³-hybridized carbons (Fsp3) is 0.0909. The molecular weight excluding hydrogens is 436 g/mol. The summed E-state index contributed by atoms with van der Waals surface area (Å²) in [5, 5.41) is 5.55. The Kier molecular flexibility index (Phi) is 6.51. The number of rotatable bonds is 6. The average Bonchev–Trinajstić information content (AvgIpc) is 3.23. The largest absolute Gasteiger partial charge is 0.496 e. The molecule has 0 saturated heterocycles. The third-order valence-electron chi connectivity index (χ3n) is 4.03. The number of furan rings is 1. The van der Waals surface area contributed by atoms with Gasteiger partial charge in [0.2, 0.25) is 5.91 Å². The number of carbonyl (C=O) groups excluding carboxylic acids is 2. The van der Waals surface area contributed by atoms with Crippen LogP contribution in [0.5, 0.6) is 5.75 Å². The van der Waals surface area contributed by atoms with Crippen LogP contribution in [0.25, 0.3) is 6.08 Å². The number of hydrogen-bond donors (Lipinski definition) is 2. The van der Waals surface area contributed by atoms with Crippen molar-refractivity contribution < 1.29 is 18.7 Å². The molecule has 0 fully saturated rings. The van der Waals surface area contributed by atoms with Gasteiger partial charge >= 0.3 is 0 Å². The van der Waals surface area contributed by atoms with Crippen LogP contribution in [-0.2, 0) is 4.79 Å². The van der Waals surface area contributed by atoms with Crippen molar-refractivity contribution in [2.75, 3.05) is 17.7 Å². The fourth-order valence-corrected chi connectivity index (χ4v) is 3.02. The van der Waals surface area contributed by atoms with Gasteiger partial charge in [0.1, 0.15) is 5.75 Å². The van der Waals surface area contributed by atoms with E-state index in [1.165, 1.54) is 12.3 Å². The minimum atomic E-state index is -0.399. The second-order valence-electron chi connectivity index (χ2n) is 6.19. The lowest BCUT2D eigenvalue weighted by atomic mass is 10.1. The van der Waals surface area contributed by atoms with E-state index in [4.69, 9.17) is 9.15 Å². The van der Waals surface area contributed by atoms with E-state index in [-0.39, 0.29) is 11.7 Å². The van der Waals surface area contributed by atoms with Crippen molar-refractivity contribution in [3.63, 3.8) is 0 Å². The van der Waals surface area contributed by atoms with E-state index in [0.717, 1.165) is 15.6 Å². The van der Waals surface area contributed by atoms with E-state index < -0.39 is 5.91 Å². The number of carbonyl (C=O) groups is 2. The Bertz CT molecular complexity index is 1060. The molecule has 0 unspecified atom stereocenters. The number of nitrogens with one attached hydrogen (secondary N) is 2. The first-order chi connectivity index (χ1) is 14.0. The maximum atomic E-state index is 12.5. The van der Waals surface area contributed by atoms with Gasteiger partial charge in [-0.15, -0.1) is 0 Å². The van der Waals surface area contributed by atoms with Gasteiger partial charge in [-0.2, -0.15) is 0 Å². The number of methoxy groups -OCH3 is 1. The molecule has 0 aliphatic carbocycles. The zero-order valence-corrected chi connectivity index (χ0v) is 17.4. The topological polar surface area (TPSA) is 80.6 Å². The molecule has 3 rings (SSSR count). The van der Waals surface area contributed by atoms with Crippen molar-refractivity contribution >= 4 is 45.2 Å². The fourth-order valence-electron chi connectivity index (χ4n) is 2.64. The van der Waals surface area contributed by atoms with Gasteiger partial charge in [-0.1, -0.05) is 22.0 Å². The summed E-state index contributed by atoms with van der Waals surface area (Å²) in [7, 11) is 1.57. The van der Waals surface area contributed by atoms with Crippen LogP contribution in [0.4, 0.5) is 11.4 Å². The van der Waals surface area contributed by atoms with Gasteiger partial charge in [0.15, 0.2) is 5.76 Å². The van der Waals surface area contributed by atoms with E-state index in [1.807, 2.05) is 31.2 Å². The number of benzene rings is 2. The van der Waals surface area contributed by atoms with E-state index in [0.29, 0.717) is 17.1 Å². The van der Waals surface area contributed by atoms with Gasteiger partial charge in [-0.25, -0.2) is 0 Å². The Morgan fingerprint density at radius 3 is 2.62 bits per heavy atom. The molecule has 0 spiro atoms. The number of ether oxygens (including phenoxy) is 1. The minimum Gasteiger partial charge on any atom is -0.496 e. The molecule has 29 heavy (non-hydrogen) atoms. The first-order valence-corrected chi connectivity index (χ1v) is 9.53. The summed E-state index contributed by atoms with van der Waals surface area (Å²) >= 11 is 3.41. The Balaban J connectivity index is 1.77. The van der Waals surface area contributed by atoms with Crippen LogP contribution >= 0.6 is 15.9 Å². The van der Waals surface area contributed by atoms with Gasteiger partial charge in [0, 0.05) is 16.1 Å². The average molecular weight is 455 g/mol. The highest BCUT2D eigenvalue weighted by Crippen LogP contribution is 2.26. The van der Waals surface area contributed by atoms with Crippen molar-refractivity contribution in [2.24, 2.45) is 0 Å². The molecule has 2 N–H and O–H groups in total. The highest BCUT2D eigenvalue weighted by Gasteiger charge is 2.13. The maximum Gasteiger partial charge on any atom is 0.291 e. The molecule has 0 bridgehead atoms. The zero-order chi connectivity index (χ0) is 20.8. The lowest BCUT2D eigenvalue weighted by Crippen LogP contribution is -2.15. The van der Waals surface area contributed by atoms with Crippen LogP contribution in [0.2, 0.25) is 0 Å². The van der Waals surface area contributed by atoms with E-state index in [2.05, 4.69) is 26.6 Å². The van der Waals surface area contributed by atoms with Crippen LogP contribution in [-0.4, -0.2) is 18.9 Å². The van der Waals surface area contributed by atoms with Crippen LogP contribution < -0.4 is 15.4 Å². The van der Waals surface area contributed by atoms with Gasteiger partial charge in [0.05, 0.1) is 24.7 Å². The predicted molar refractivity (Wildman–Crippen MR) is 116 cm³/mol. The summed E-state index contributed by atoms with van der Waals surface area (Å²) in [5.74, 6) is 0.0959.